The van der Waals surface area contributed by atoms with Crippen LogP contribution in [0.25, 0.3) is 0 Å². The number of carbonyl (C=O) groups excluding carboxylic acids is 1. The van der Waals surface area contributed by atoms with E-state index in [1.165, 1.54) is 23.5 Å². The lowest BCUT2D eigenvalue weighted by molar-refractivity contribution is 0.0949. The summed E-state index contributed by atoms with van der Waals surface area (Å²) in [5, 5.41) is 0. The predicted octanol–water partition coefficient (Wildman–Crippen LogP) is 3.26. The lowest BCUT2D eigenvalue weighted by atomic mass is 10.0. The van der Waals surface area contributed by atoms with Crippen molar-refractivity contribution in [2.24, 2.45) is 0 Å². The molecular weight excluding hydrogens is 388 g/mol. The summed E-state index contributed by atoms with van der Waals surface area (Å²) in [5.74, 6) is -0.181. The first kappa shape index (κ1) is 17.1. The minimum atomic E-state index is -3.79. The highest BCUT2D eigenvalue weighted by atomic mass is 79.9. The maximum Gasteiger partial charge on any atom is 0.276 e. The molecular formula is C14H15BrN2O3S2. The van der Waals surface area contributed by atoms with Crippen molar-refractivity contribution in [1.29, 1.82) is 0 Å². The van der Waals surface area contributed by atoms with Crippen molar-refractivity contribution < 1.29 is 13.2 Å². The fourth-order valence-corrected chi connectivity index (χ4v) is 3.82. The molecule has 118 valence electrons. The molecule has 2 rings (SSSR count). The number of carbonyl (C=O) groups is 1. The molecule has 0 spiro atoms. The third kappa shape index (κ3) is 4.16. The number of hydrazine groups is 1. The van der Waals surface area contributed by atoms with Crippen molar-refractivity contribution in [3.8, 4) is 0 Å². The Balaban J connectivity index is 2.06. The average Bonchev–Trinajstić information content (AvgIpc) is 2.91. The van der Waals surface area contributed by atoms with E-state index in [2.05, 4.69) is 26.2 Å². The standard InChI is InChI=1S/C14H15BrN2O3S2/c1-9(2)10-3-5-11(6-4-10)22(19,20)17-16-14(18)12-7-8-13(15)21-12/h3-9,17H,1-2H3,(H,16,18). The van der Waals surface area contributed by atoms with Crippen LogP contribution >= 0.6 is 27.3 Å². The van der Waals surface area contributed by atoms with Crippen molar-refractivity contribution >= 4 is 43.2 Å². The van der Waals surface area contributed by atoms with Crippen LogP contribution in [0.15, 0.2) is 45.1 Å². The molecule has 0 radical (unpaired) electrons. The Kier molecular flexibility index (Phi) is 5.38. The molecule has 2 aromatic rings. The van der Waals surface area contributed by atoms with Gasteiger partial charge in [-0.3, -0.25) is 10.2 Å². The molecule has 5 nitrogen and oxygen atoms in total. The summed E-state index contributed by atoms with van der Waals surface area (Å²) in [6.07, 6.45) is 0. The first-order valence-corrected chi connectivity index (χ1v) is 9.56. The van der Waals surface area contributed by atoms with E-state index in [1.54, 1.807) is 24.3 Å². The van der Waals surface area contributed by atoms with Gasteiger partial charge in [0.1, 0.15) is 0 Å². The Morgan fingerprint density at radius 2 is 1.77 bits per heavy atom. The van der Waals surface area contributed by atoms with Gasteiger partial charge in [0.25, 0.3) is 15.9 Å². The first-order chi connectivity index (χ1) is 10.3. The molecule has 0 unspecified atom stereocenters. The molecule has 0 atom stereocenters. The number of thiophene rings is 1. The minimum Gasteiger partial charge on any atom is -0.273 e. The third-order valence-corrected chi connectivity index (χ3v) is 5.84. The summed E-state index contributed by atoms with van der Waals surface area (Å²) in [4.78, 5) is 14.4. The molecule has 0 aliphatic heterocycles. The normalized spacial score (nSPS) is 11.6. The van der Waals surface area contributed by atoms with Crippen LogP contribution in [-0.4, -0.2) is 14.3 Å². The predicted molar refractivity (Wildman–Crippen MR) is 90.3 cm³/mol. The Morgan fingerprint density at radius 3 is 2.27 bits per heavy atom. The van der Waals surface area contributed by atoms with E-state index in [1.807, 2.05) is 13.8 Å². The summed E-state index contributed by atoms with van der Waals surface area (Å²) in [6.45, 7) is 4.06. The van der Waals surface area contributed by atoms with Gasteiger partial charge in [-0.2, -0.15) is 0 Å². The fraction of sp³-hybridized carbons (Fsp3) is 0.214. The van der Waals surface area contributed by atoms with Crippen LogP contribution in [0.5, 0.6) is 0 Å². The van der Waals surface area contributed by atoms with Gasteiger partial charge in [0, 0.05) is 0 Å². The van der Waals surface area contributed by atoms with E-state index in [0.717, 1.165) is 9.35 Å². The zero-order chi connectivity index (χ0) is 16.3. The van der Waals surface area contributed by atoms with Gasteiger partial charge >= 0.3 is 0 Å². The molecule has 0 fully saturated rings. The Hall–Kier alpha value is -1.22. The lowest BCUT2D eigenvalue weighted by Gasteiger charge is -2.09. The van der Waals surface area contributed by atoms with Crippen LogP contribution in [0, 0.1) is 0 Å². The van der Waals surface area contributed by atoms with Gasteiger partial charge < -0.3 is 0 Å². The van der Waals surface area contributed by atoms with Crippen LogP contribution in [0.3, 0.4) is 0 Å². The highest BCUT2D eigenvalue weighted by Crippen LogP contribution is 2.22. The second kappa shape index (κ2) is 6.91. The maximum atomic E-state index is 12.1. The molecule has 1 amide bonds. The average molecular weight is 403 g/mol. The highest BCUT2D eigenvalue weighted by molar-refractivity contribution is 9.11. The van der Waals surface area contributed by atoms with Crippen molar-refractivity contribution in [3.05, 3.63) is 50.6 Å². The number of amides is 1. The topological polar surface area (TPSA) is 75.3 Å². The van der Waals surface area contributed by atoms with E-state index in [4.69, 9.17) is 0 Å². The first-order valence-electron chi connectivity index (χ1n) is 6.47. The second-order valence-corrected chi connectivity index (χ2v) is 9.03. The molecule has 22 heavy (non-hydrogen) atoms. The number of rotatable bonds is 5. The number of hydrogen-bond acceptors (Lipinski definition) is 4. The van der Waals surface area contributed by atoms with Crippen LogP contribution in [-0.2, 0) is 10.0 Å². The zero-order valence-electron chi connectivity index (χ0n) is 12.0. The van der Waals surface area contributed by atoms with E-state index >= 15 is 0 Å². The van der Waals surface area contributed by atoms with Gasteiger partial charge in [-0.05, 0) is 51.7 Å². The largest absolute Gasteiger partial charge is 0.276 e. The summed E-state index contributed by atoms with van der Waals surface area (Å²) in [6, 6.07) is 9.89. The molecule has 1 aromatic carbocycles. The van der Waals surface area contributed by atoms with E-state index in [0.29, 0.717) is 10.8 Å². The van der Waals surface area contributed by atoms with Gasteiger partial charge in [0.2, 0.25) is 0 Å². The smallest absolute Gasteiger partial charge is 0.273 e. The molecule has 0 aliphatic carbocycles. The molecule has 2 N–H and O–H groups in total. The number of halogens is 1. The summed E-state index contributed by atoms with van der Waals surface area (Å²) >= 11 is 4.46. The molecule has 0 saturated carbocycles. The van der Waals surface area contributed by atoms with Crippen molar-refractivity contribution in [2.45, 2.75) is 24.7 Å². The van der Waals surface area contributed by atoms with Crippen LogP contribution in [0.1, 0.15) is 35.0 Å². The maximum absolute atomic E-state index is 12.1. The van der Waals surface area contributed by atoms with Crippen molar-refractivity contribution in [3.63, 3.8) is 0 Å². The second-order valence-electron chi connectivity index (χ2n) is 4.89. The van der Waals surface area contributed by atoms with Gasteiger partial charge in [0.15, 0.2) is 0 Å². The number of nitrogens with one attached hydrogen (secondary N) is 2. The van der Waals surface area contributed by atoms with Gasteiger partial charge in [-0.1, -0.05) is 26.0 Å². The van der Waals surface area contributed by atoms with Crippen molar-refractivity contribution in [1.82, 2.24) is 10.3 Å². The monoisotopic (exact) mass is 402 g/mol. The molecule has 1 heterocycles. The summed E-state index contributed by atoms with van der Waals surface area (Å²) in [5.41, 5.74) is 3.25. The highest BCUT2D eigenvalue weighted by Gasteiger charge is 2.16. The van der Waals surface area contributed by atoms with Gasteiger partial charge in [0.05, 0.1) is 13.6 Å². The zero-order valence-corrected chi connectivity index (χ0v) is 15.2. The Bertz CT molecular complexity index is 768. The summed E-state index contributed by atoms with van der Waals surface area (Å²) < 4.78 is 25.0. The molecule has 0 bridgehead atoms. The van der Waals surface area contributed by atoms with E-state index in [9.17, 15) is 13.2 Å². The molecule has 1 aromatic heterocycles. The minimum absolute atomic E-state index is 0.101. The SMILES string of the molecule is CC(C)c1ccc(S(=O)(=O)NNC(=O)c2ccc(Br)s2)cc1. The van der Waals surface area contributed by atoms with Crippen molar-refractivity contribution in [2.75, 3.05) is 0 Å². The van der Waals surface area contributed by atoms with Crippen LogP contribution in [0.2, 0.25) is 0 Å². The van der Waals surface area contributed by atoms with Crippen LogP contribution in [0.4, 0.5) is 0 Å². The molecule has 0 aliphatic rings. The lowest BCUT2D eigenvalue weighted by Crippen LogP contribution is -2.41. The van der Waals surface area contributed by atoms with E-state index < -0.39 is 15.9 Å². The number of sulfonamides is 1. The number of hydrogen-bond donors (Lipinski definition) is 2. The summed E-state index contributed by atoms with van der Waals surface area (Å²) in [7, 11) is -3.79. The van der Waals surface area contributed by atoms with Gasteiger partial charge in [-0.15, -0.1) is 16.2 Å². The van der Waals surface area contributed by atoms with Crippen LogP contribution < -0.4 is 10.3 Å². The quantitative estimate of drug-likeness (QED) is 0.753. The fourth-order valence-electron chi connectivity index (χ4n) is 1.70. The molecule has 8 heteroatoms. The number of benzene rings is 1. The third-order valence-electron chi connectivity index (χ3n) is 2.95. The van der Waals surface area contributed by atoms with E-state index in [-0.39, 0.29) is 4.90 Å². The van der Waals surface area contributed by atoms with Gasteiger partial charge in [-0.25, -0.2) is 8.42 Å². The Labute approximate surface area is 141 Å². The Morgan fingerprint density at radius 1 is 1.14 bits per heavy atom. The molecule has 0 saturated heterocycles.